The zero-order valence-electron chi connectivity index (χ0n) is 14.2. The fourth-order valence-corrected chi connectivity index (χ4v) is 7.28. The fourth-order valence-electron chi connectivity index (χ4n) is 7.28. The van der Waals surface area contributed by atoms with E-state index in [2.05, 4.69) is 19.9 Å². The molecule has 4 fully saturated rings. The van der Waals surface area contributed by atoms with Crippen LogP contribution in [0.5, 0.6) is 0 Å². The highest BCUT2D eigenvalue weighted by Crippen LogP contribution is 2.71. The Bertz CT molecular complexity index is 612. The topological polar surface area (TPSA) is 57.5 Å². The molecule has 0 aromatic carbocycles. The molecule has 3 heteroatoms. The second-order valence-electron chi connectivity index (χ2n) is 9.63. The van der Waals surface area contributed by atoms with Crippen LogP contribution in [0.15, 0.2) is 12.2 Å². The van der Waals surface area contributed by atoms with Gasteiger partial charge in [0.25, 0.3) is 0 Å². The monoisotopic (exact) mass is 316 g/mol. The minimum absolute atomic E-state index is 0.112. The Balaban J connectivity index is 1.58. The molecule has 0 aliphatic heterocycles. The van der Waals surface area contributed by atoms with Crippen LogP contribution in [0.3, 0.4) is 0 Å². The highest BCUT2D eigenvalue weighted by atomic mass is 16.3. The number of hydrogen-bond acceptors (Lipinski definition) is 3. The molecule has 5 aliphatic rings. The van der Waals surface area contributed by atoms with E-state index in [1.807, 2.05) is 6.08 Å². The van der Waals surface area contributed by atoms with Crippen molar-refractivity contribution in [1.82, 2.24) is 0 Å². The van der Waals surface area contributed by atoms with E-state index in [1.165, 1.54) is 0 Å². The summed E-state index contributed by atoms with van der Waals surface area (Å²) in [7, 11) is 0. The van der Waals surface area contributed by atoms with Gasteiger partial charge in [-0.1, -0.05) is 26.0 Å². The van der Waals surface area contributed by atoms with Crippen molar-refractivity contribution in [3.63, 3.8) is 0 Å². The van der Waals surface area contributed by atoms with Gasteiger partial charge >= 0.3 is 0 Å². The maximum atomic E-state index is 12.7. The Morgan fingerprint density at radius 1 is 1.22 bits per heavy atom. The molecule has 0 unspecified atom stereocenters. The standard InChI is InChI=1S/C20H28O3/c1-18-6-5-15-12(16(18)13-9-14(13)17(18)22)4-8-20(23)10-11(21)3-7-19(15,20)2/h4,8,11-16,21,23H,3,5-7,9-10H2,1-2H3/t11-,12-,13+,14-,15+,16-,18+,19-,20+/m1/s1. The SMILES string of the molecule is C[C@]12CC[C@H]3[C@@H](C=C[C@]4(O)C[C@H](O)CC[C@]34C)[C@@H]1[C@H]1C[C@H]1C2=O. The number of rotatable bonds is 0. The molecular weight excluding hydrogens is 288 g/mol. The first kappa shape index (κ1) is 14.7. The molecule has 0 aromatic heterocycles. The molecular formula is C20H28O3. The predicted molar refractivity (Wildman–Crippen MR) is 86.5 cm³/mol. The summed E-state index contributed by atoms with van der Waals surface area (Å²) in [5.74, 6) is 2.87. The number of fused-ring (bicyclic) bond motifs is 7. The summed E-state index contributed by atoms with van der Waals surface area (Å²) in [4.78, 5) is 12.7. The van der Waals surface area contributed by atoms with Crippen LogP contribution in [0, 0.1) is 40.4 Å². The molecule has 9 atom stereocenters. The lowest BCUT2D eigenvalue weighted by Crippen LogP contribution is -2.61. The first-order valence-corrected chi connectivity index (χ1v) is 9.44. The highest BCUT2D eigenvalue weighted by Gasteiger charge is 2.71. The van der Waals surface area contributed by atoms with Gasteiger partial charge in [-0.15, -0.1) is 0 Å². The molecule has 0 radical (unpaired) electrons. The van der Waals surface area contributed by atoms with Crippen LogP contribution >= 0.6 is 0 Å². The second-order valence-corrected chi connectivity index (χ2v) is 9.63. The third-order valence-corrected chi connectivity index (χ3v) is 8.74. The summed E-state index contributed by atoms with van der Waals surface area (Å²) in [5.41, 5.74) is -1.13. The van der Waals surface area contributed by atoms with Crippen molar-refractivity contribution < 1.29 is 15.0 Å². The molecule has 5 rings (SSSR count). The molecule has 126 valence electrons. The fraction of sp³-hybridized carbons (Fsp3) is 0.850. The van der Waals surface area contributed by atoms with E-state index in [4.69, 9.17) is 0 Å². The number of aliphatic hydroxyl groups excluding tert-OH is 1. The minimum atomic E-state index is -0.870. The molecule has 0 amide bonds. The molecule has 0 bridgehead atoms. The lowest BCUT2D eigenvalue weighted by molar-refractivity contribution is -0.169. The summed E-state index contributed by atoms with van der Waals surface area (Å²) < 4.78 is 0. The van der Waals surface area contributed by atoms with Crippen molar-refractivity contribution in [3.05, 3.63) is 12.2 Å². The van der Waals surface area contributed by atoms with Gasteiger partial charge in [-0.25, -0.2) is 0 Å². The molecule has 3 nitrogen and oxygen atoms in total. The quantitative estimate of drug-likeness (QED) is 0.676. The van der Waals surface area contributed by atoms with Gasteiger partial charge in [-0.05, 0) is 55.8 Å². The Kier molecular flexibility index (Phi) is 2.62. The zero-order valence-corrected chi connectivity index (χ0v) is 14.2. The molecule has 4 saturated carbocycles. The Morgan fingerprint density at radius 3 is 2.78 bits per heavy atom. The molecule has 2 N–H and O–H groups in total. The highest BCUT2D eigenvalue weighted by molar-refractivity contribution is 5.92. The lowest BCUT2D eigenvalue weighted by Gasteiger charge is -2.61. The van der Waals surface area contributed by atoms with E-state index in [-0.39, 0.29) is 16.9 Å². The van der Waals surface area contributed by atoms with E-state index >= 15 is 0 Å². The number of ketones is 1. The Morgan fingerprint density at radius 2 is 2.00 bits per heavy atom. The number of carbonyl (C=O) groups is 1. The van der Waals surface area contributed by atoms with E-state index < -0.39 is 5.60 Å². The van der Waals surface area contributed by atoms with Crippen LogP contribution < -0.4 is 0 Å². The van der Waals surface area contributed by atoms with E-state index in [9.17, 15) is 15.0 Å². The number of Topliss-reactive ketones (excluding diaryl/α,β-unsaturated/α-hetero) is 1. The van der Waals surface area contributed by atoms with E-state index in [1.54, 1.807) is 0 Å². The van der Waals surface area contributed by atoms with Crippen molar-refractivity contribution in [1.29, 1.82) is 0 Å². The summed E-state index contributed by atoms with van der Waals surface area (Å²) >= 11 is 0. The van der Waals surface area contributed by atoms with Crippen molar-refractivity contribution in [2.24, 2.45) is 40.4 Å². The number of aliphatic hydroxyl groups is 2. The first-order valence-electron chi connectivity index (χ1n) is 9.44. The van der Waals surface area contributed by atoms with Crippen LogP contribution in [0.4, 0.5) is 0 Å². The number of allylic oxidation sites excluding steroid dienone is 1. The molecule has 0 heterocycles. The molecule has 5 aliphatic carbocycles. The number of carbonyl (C=O) groups excluding carboxylic acids is 1. The van der Waals surface area contributed by atoms with Gasteiger partial charge in [0.15, 0.2) is 0 Å². The molecule has 0 aromatic rings. The van der Waals surface area contributed by atoms with Gasteiger partial charge in [0.05, 0.1) is 11.7 Å². The predicted octanol–water partition coefficient (Wildman–Crippen LogP) is 2.71. The average Bonchev–Trinajstić information content (AvgIpc) is 3.23. The van der Waals surface area contributed by atoms with Crippen molar-refractivity contribution >= 4 is 5.78 Å². The van der Waals surface area contributed by atoms with Crippen LogP contribution in [0.1, 0.15) is 52.4 Å². The first-order chi connectivity index (χ1) is 10.8. The summed E-state index contributed by atoms with van der Waals surface area (Å²) in [6, 6.07) is 0. The van der Waals surface area contributed by atoms with Gasteiger partial charge in [0, 0.05) is 23.2 Å². The van der Waals surface area contributed by atoms with Crippen molar-refractivity contribution in [3.8, 4) is 0 Å². The normalized spacial score (nSPS) is 63.0. The Hall–Kier alpha value is -0.670. The van der Waals surface area contributed by atoms with Gasteiger partial charge < -0.3 is 10.2 Å². The van der Waals surface area contributed by atoms with Gasteiger partial charge in [0.2, 0.25) is 0 Å². The maximum absolute atomic E-state index is 12.7. The van der Waals surface area contributed by atoms with E-state index in [0.717, 1.165) is 32.1 Å². The molecule has 0 spiro atoms. The second kappa shape index (κ2) is 4.11. The summed E-state index contributed by atoms with van der Waals surface area (Å²) in [6.07, 6.45) is 9.15. The van der Waals surface area contributed by atoms with Crippen LogP contribution in [-0.2, 0) is 4.79 Å². The molecule has 0 saturated heterocycles. The third-order valence-electron chi connectivity index (χ3n) is 8.74. The zero-order chi connectivity index (χ0) is 16.2. The average molecular weight is 316 g/mol. The molecule has 23 heavy (non-hydrogen) atoms. The van der Waals surface area contributed by atoms with Crippen LogP contribution in [-0.4, -0.2) is 27.7 Å². The van der Waals surface area contributed by atoms with Gasteiger partial charge in [-0.3, -0.25) is 4.79 Å². The smallest absolute Gasteiger partial charge is 0.142 e. The maximum Gasteiger partial charge on any atom is 0.142 e. The van der Waals surface area contributed by atoms with Gasteiger partial charge in [0.1, 0.15) is 5.78 Å². The third kappa shape index (κ3) is 1.57. The van der Waals surface area contributed by atoms with Crippen LogP contribution in [0.2, 0.25) is 0 Å². The van der Waals surface area contributed by atoms with E-state index in [0.29, 0.717) is 41.8 Å². The number of hydrogen-bond donors (Lipinski definition) is 2. The van der Waals surface area contributed by atoms with Crippen molar-refractivity contribution in [2.45, 2.75) is 64.1 Å². The largest absolute Gasteiger partial charge is 0.393 e. The van der Waals surface area contributed by atoms with Crippen molar-refractivity contribution in [2.75, 3.05) is 0 Å². The minimum Gasteiger partial charge on any atom is -0.393 e. The lowest BCUT2D eigenvalue weighted by atomic mass is 9.45. The summed E-state index contributed by atoms with van der Waals surface area (Å²) in [5, 5.41) is 21.3. The Labute approximate surface area is 138 Å². The summed E-state index contributed by atoms with van der Waals surface area (Å²) in [6.45, 7) is 4.45. The van der Waals surface area contributed by atoms with Crippen LogP contribution in [0.25, 0.3) is 0 Å². The van der Waals surface area contributed by atoms with Gasteiger partial charge in [-0.2, -0.15) is 0 Å².